The summed E-state index contributed by atoms with van der Waals surface area (Å²) < 4.78 is 5.06. The number of rotatable bonds is 8. The van der Waals surface area contributed by atoms with Crippen molar-refractivity contribution in [2.75, 3.05) is 40.4 Å². The van der Waals surface area contributed by atoms with Crippen molar-refractivity contribution in [3.63, 3.8) is 0 Å². The lowest BCUT2D eigenvalue weighted by atomic mass is 10.1. The number of methoxy groups -OCH3 is 1. The molecule has 0 radical (unpaired) electrons. The highest BCUT2D eigenvalue weighted by Crippen LogP contribution is 2.11. The average molecular weight is 347 g/mol. The van der Waals surface area contributed by atoms with Crippen LogP contribution in [0.3, 0.4) is 0 Å². The first-order valence-corrected chi connectivity index (χ1v) is 8.30. The van der Waals surface area contributed by atoms with E-state index in [1.54, 1.807) is 19.1 Å². The summed E-state index contributed by atoms with van der Waals surface area (Å²) in [6, 6.07) is 7.52. The molecule has 1 aliphatic heterocycles. The molecule has 2 rings (SSSR count). The Bertz CT molecular complexity index is 630. The minimum absolute atomic E-state index is 0.0216. The third kappa shape index (κ3) is 5.03. The first kappa shape index (κ1) is 18.9. The second-order valence-corrected chi connectivity index (χ2v) is 6.27. The van der Waals surface area contributed by atoms with E-state index >= 15 is 0 Å². The maximum atomic E-state index is 12.7. The molecule has 7 heteroatoms. The Labute approximate surface area is 148 Å². The molecule has 0 bridgehead atoms. The van der Waals surface area contributed by atoms with Gasteiger partial charge in [-0.05, 0) is 18.9 Å². The average Bonchev–Trinajstić information content (AvgIpc) is 2.82. The fourth-order valence-electron chi connectivity index (χ4n) is 2.67. The molecule has 1 saturated heterocycles. The highest BCUT2D eigenvalue weighted by Gasteiger charge is 2.35. The molecule has 1 fully saturated rings. The van der Waals surface area contributed by atoms with Crippen LogP contribution in [0, 0.1) is 6.92 Å². The van der Waals surface area contributed by atoms with Crippen LogP contribution in [0.1, 0.15) is 17.5 Å². The summed E-state index contributed by atoms with van der Waals surface area (Å²) in [5.74, 6) is -0.582. The van der Waals surface area contributed by atoms with E-state index in [4.69, 9.17) is 4.74 Å². The first-order chi connectivity index (χ1) is 11.9. The predicted octanol–water partition coefficient (Wildman–Crippen LogP) is 1.25. The zero-order chi connectivity index (χ0) is 18.4. The highest BCUT2D eigenvalue weighted by molar-refractivity contribution is 6.04. The Balaban J connectivity index is 2.05. The topological polar surface area (TPSA) is 70.2 Å². The van der Waals surface area contributed by atoms with Crippen LogP contribution in [0.15, 0.2) is 24.3 Å². The number of amides is 4. The molecule has 1 aliphatic rings. The number of aryl methyl sites for hydroxylation is 1. The second kappa shape index (κ2) is 8.62. The Morgan fingerprint density at radius 1 is 1.24 bits per heavy atom. The highest BCUT2D eigenvalue weighted by atomic mass is 16.5. The number of carbonyl (C=O) groups excluding carboxylic acids is 3. The van der Waals surface area contributed by atoms with Crippen molar-refractivity contribution < 1.29 is 19.1 Å². The van der Waals surface area contributed by atoms with Crippen molar-refractivity contribution in [2.24, 2.45) is 0 Å². The van der Waals surface area contributed by atoms with Gasteiger partial charge in [0.1, 0.15) is 13.1 Å². The van der Waals surface area contributed by atoms with Gasteiger partial charge in [0.25, 0.3) is 5.91 Å². The van der Waals surface area contributed by atoms with Gasteiger partial charge in [-0.25, -0.2) is 4.79 Å². The molecule has 0 aromatic heterocycles. The van der Waals surface area contributed by atoms with Gasteiger partial charge in [0.2, 0.25) is 5.91 Å². The van der Waals surface area contributed by atoms with Gasteiger partial charge >= 0.3 is 6.03 Å². The number of carbonyl (C=O) groups is 3. The molecule has 1 heterocycles. The number of imide groups is 1. The molecular weight excluding hydrogens is 322 g/mol. The van der Waals surface area contributed by atoms with Crippen LogP contribution in [0.2, 0.25) is 0 Å². The fraction of sp³-hybridized carbons (Fsp3) is 0.500. The van der Waals surface area contributed by atoms with E-state index in [2.05, 4.69) is 0 Å². The van der Waals surface area contributed by atoms with Crippen LogP contribution in [0.5, 0.6) is 0 Å². The second-order valence-electron chi connectivity index (χ2n) is 6.27. The lowest BCUT2D eigenvalue weighted by Gasteiger charge is -2.25. The van der Waals surface area contributed by atoms with Gasteiger partial charge in [-0.15, -0.1) is 0 Å². The molecule has 25 heavy (non-hydrogen) atoms. The summed E-state index contributed by atoms with van der Waals surface area (Å²) in [4.78, 5) is 40.5. The Kier molecular flexibility index (Phi) is 6.52. The molecular formula is C18H25N3O4. The smallest absolute Gasteiger partial charge is 0.327 e. The summed E-state index contributed by atoms with van der Waals surface area (Å²) >= 11 is 0. The molecule has 0 spiro atoms. The molecule has 0 N–H and O–H groups in total. The summed E-state index contributed by atoms with van der Waals surface area (Å²) in [6.07, 6.45) is 0.690. The molecule has 0 saturated carbocycles. The predicted molar refractivity (Wildman–Crippen MR) is 92.8 cm³/mol. The van der Waals surface area contributed by atoms with Gasteiger partial charge in [-0.3, -0.25) is 14.5 Å². The number of nitrogens with zero attached hydrogens (tertiary/aromatic N) is 3. The van der Waals surface area contributed by atoms with Crippen LogP contribution < -0.4 is 0 Å². The van der Waals surface area contributed by atoms with Gasteiger partial charge in [-0.1, -0.05) is 29.8 Å². The van der Waals surface area contributed by atoms with Crippen LogP contribution in [-0.2, 0) is 20.9 Å². The van der Waals surface area contributed by atoms with E-state index in [1.165, 1.54) is 4.90 Å². The van der Waals surface area contributed by atoms with Crippen molar-refractivity contribution >= 4 is 17.8 Å². The zero-order valence-corrected chi connectivity index (χ0v) is 15.0. The molecule has 0 atom stereocenters. The van der Waals surface area contributed by atoms with E-state index in [1.807, 2.05) is 31.2 Å². The number of ether oxygens (including phenoxy) is 1. The summed E-state index contributed by atoms with van der Waals surface area (Å²) in [5.41, 5.74) is 2.16. The van der Waals surface area contributed by atoms with E-state index in [0.717, 1.165) is 16.0 Å². The minimum Gasteiger partial charge on any atom is -0.385 e. The number of hydrogen-bond donors (Lipinski definition) is 0. The van der Waals surface area contributed by atoms with Crippen LogP contribution >= 0.6 is 0 Å². The van der Waals surface area contributed by atoms with E-state index in [9.17, 15) is 14.4 Å². The molecule has 136 valence electrons. The van der Waals surface area contributed by atoms with Crippen molar-refractivity contribution in [3.05, 3.63) is 35.4 Å². The first-order valence-electron chi connectivity index (χ1n) is 8.30. The van der Waals surface area contributed by atoms with Gasteiger partial charge in [0.05, 0.1) is 0 Å². The number of benzene rings is 1. The van der Waals surface area contributed by atoms with Crippen LogP contribution in [-0.4, -0.2) is 72.9 Å². The standard InChI is InChI=1S/C18H25N3O4/c1-14-5-7-15(8-6-14)11-20(9-4-10-25-3)16(22)13-21-17(23)12-19(2)18(21)24/h5-8H,4,9-13H2,1-3H3. The van der Waals surface area contributed by atoms with Gasteiger partial charge in [-0.2, -0.15) is 0 Å². The number of hydrogen-bond acceptors (Lipinski definition) is 4. The Hall–Kier alpha value is -2.41. The van der Waals surface area contributed by atoms with E-state index < -0.39 is 6.03 Å². The quantitative estimate of drug-likeness (QED) is 0.524. The fourth-order valence-corrected chi connectivity index (χ4v) is 2.67. The normalized spacial score (nSPS) is 14.4. The lowest BCUT2D eigenvalue weighted by Crippen LogP contribution is -2.43. The van der Waals surface area contributed by atoms with Crippen molar-refractivity contribution in [1.82, 2.24) is 14.7 Å². The van der Waals surface area contributed by atoms with Gasteiger partial charge in [0.15, 0.2) is 0 Å². The molecule has 0 unspecified atom stereocenters. The van der Waals surface area contributed by atoms with Crippen molar-refractivity contribution in [3.8, 4) is 0 Å². The molecule has 1 aromatic rings. The lowest BCUT2D eigenvalue weighted by molar-refractivity contribution is -0.137. The van der Waals surface area contributed by atoms with Crippen LogP contribution in [0.25, 0.3) is 0 Å². The van der Waals surface area contributed by atoms with Gasteiger partial charge in [0, 0.05) is 33.9 Å². The van der Waals surface area contributed by atoms with Crippen molar-refractivity contribution in [1.29, 1.82) is 0 Å². The molecule has 0 aliphatic carbocycles. The largest absolute Gasteiger partial charge is 0.385 e. The van der Waals surface area contributed by atoms with E-state index in [-0.39, 0.29) is 24.9 Å². The third-order valence-corrected chi connectivity index (χ3v) is 4.15. The summed E-state index contributed by atoms with van der Waals surface area (Å²) in [6.45, 7) is 3.30. The molecule has 4 amide bonds. The van der Waals surface area contributed by atoms with Crippen LogP contribution in [0.4, 0.5) is 4.79 Å². The minimum atomic E-state index is -0.425. The van der Waals surface area contributed by atoms with Crippen molar-refractivity contribution in [2.45, 2.75) is 19.9 Å². The monoisotopic (exact) mass is 347 g/mol. The summed E-state index contributed by atoms with van der Waals surface area (Å²) in [5, 5.41) is 0. The Morgan fingerprint density at radius 3 is 2.48 bits per heavy atom. The zero-order valence-electron chi connectivity index (χ0n) is 15.0. The maximum absolute atomic E-state index is 12.7. The SMILES string of the molecule is COCCCN(Cc1ccc(C)cc1)C(=O)CN1C(=O)CN(C)C1=O. The third-order valence-electron chi connectivity index (χ3n) is 4.15. The molecule has 7 nitrogen and oxygen atoms in total. The summed E-state index contributed by atoms with van der Waals surface area (Å²) in [7, 11) is 3.16. The van der Waals surface area contributed by atoms with Gasteiger partial charge < -0.3 is 14.5 Å². The van der Waals surface area contributed by atoms with E-state index in [0.29, 0.717) is 26.1 Å². The Morgan fingerprint density at radius 2 is 1.92 bits per heavy atom. The maximum Gasteiger partial charge on any atom is 0.327 e. The number of urea groups is 1. The molecule has 1 aromatic carbocycles. The number of likely N-dealkylation sites (N-methyl/N-ethyl adjacent to an activating group) is 1.